The maximum atomic E-state index is 11.9. The fraction of sp³-hybridized carbons (Fsp3) is 0.267. The van der Waals surface area contributed by atoms with Crippen molar-refractivity contribution in [2.24, 2.45) is 0 Å². The van der Waals surface area contributed by atoms with E-state index < -0.39 is 11.9 Å². The van der Waals surface area contributed by atoms with Crippen molar-refractivity contribution in [1.29, 1.82) is 0 Å². The zero-order valence-corrected chi connectivity index (χ0v) is 12.6. The van der Waals surface area contributed by atoms with Crippen LogP contribution in [-0.2, 0) is 0 Å². The molecule has 0 aliphatic carbocycles. The molecule has 0 spiro atoms. The lowest BCUT2D eigenvalue weighted by Crippen LogP contribution is -2.47. The molecule has 0 radical (unpaired) electrons. The SMILES string of the molecule is Cc1cc(C(=O)NNC(=O)NC(C)c2ccncc2)c(C)o1. The van der Waals surface area contributed by atoms with Crippen LogP contribution in [0.5, 0.6) is 0 Å². The normalized spacial score (nSPS) is 11.6. The number of carbonyl (C=O) groups is 2. The molecule has 0 bridgehead atoms. The Morgan fingerprint density at radius 3 is 2.45 bits per heavy atom. The van der Waals surface area contributed by atoms with Crippen molar-refractivity contribution in [3.8, 4) is 0 Å². The van der Waals surface area contributed by atoms with Gasteiger partial charge in [0, 0.05) is 12.4 Å². The number of aromatic nitrogens is 1. The molecule has 116 valence electrons. The third-order valence-electron chi connectivity index (χ3n) is 3.13. The maximum absolute atomic E-state index is 11.9. The molecule has 1 unspecified atom stereocenters. The summed E-state index contributed by atoms with van der Waals surface area (Å²) in [4.78, 5) is 27.6. The van der Waals surface area contributed by atoms with Crippen molar-refractivity contribution in [1.82, 2.24) is 21.2 Å². The molecule has 22 heavy (non-hydrogen) atoms. The number of aryl methyl sites for hydroxylation is 2. The van der Waals surface area contributed by atoms with Crippen molar-refractivity contribution < 1.29 is 14.0 Å². The number of pyridine rings is 1. The second-order valence-electron chi connectivity index (χ2n) is 4.88. The van der Waals surface area contributed by atoms with Gasteiger partial charge in [-0.25, -0.2) is 10.2 Å². The van der Waals surface area contributed by atoms with Crippen LogP contribution in [0.2, 0.25) is 0 Å². The van der Waals surface area contributed by atoms with Crippen molar-refractivity contribution in [3.05, 3.63) is 53.2 Å². The smallest absolute Gasteiger partial charge is 0.333 e. The number of furan rings is 1. The predicted molar refractivity (Wildman–Crippen MR) is 80.0 cm³/mol. The number of hydrogen-bond donors (Lipinski definition) is 3. The van der Waals surface area contributed by atoms with Gasteiger partial charge in [0.15, 0.2) is 0 Å². The molecule has 7 heteroatoms. The van der Waals surface area contributed by atoms with E-state index in [1.165, 1.54) is 0 Å². The van der Waals surface area contributed by atoms with Crippen LogP contribution >= 0.6 is 0 Å². The molecule has 0 aliphatic rings. The van der Waals surface area contributed by atoms with Crippen LogP contribution in [0.15, 0.2) is 35.0 Å². The first kappa shape index (κ1) is 15.6. The number of amides is 3. The lowest BCUT2D eigenvalue weighted by Gasteiger charge is -2.15. The van der Waals surface area contributed by atoms with Gasteiger partial charge in [-0.2, -0.15) is 0 Å². The van der Waals surface area contributed by atoms with E-state index in [1.807, 2.05) is 6.92 Å². The quantitative estimate of drug-likeness (QED) is 0.755. The molecule has 0 aliphatic heterocycles. The number of urea groups is 1. The second-order valence-corrected chi connectivity index (χ2v) is 4.88. The monoisotopic (exact) mass is 302 g/mol. The summed E-state index contributed by atoms with van der Waals surface area (Å²) in [5.74, 6) is 0.710. The highest BCUT2D eigenvalue weighted by molar-refractivity contribution is 5.96. The minimum Gasteiger partial charge on any atom is -0.466 e. The summed E-state index contributed by atoms with van der Waals surface area (Å²) in [6, 6.07) is 4.51. The molecule has 2 aromatic rings. The standard InChI is InChI=1S/C15H18N4O3/c1-9-8-13(11(3)22-9)14(20)18-19-15(21)17-10(2)12-4-6-16-7-5-12/h4-8,10H,1-3H3,(H,18,20)(H2,17,19,21). The summed E-state index contributed by atoms with van der Waals surface area (Å²) in [5.41, 5.74) is 5.95. The Kier molecular flexibility index (Phi) is 4.77. The first-order valence-corrected chi connectivity index (χ1v) is 6.81. The fourth-order valence-corrected chi connectivity index (χ4v) is 2.01. The van der Waals surface area contributed by atoms with Gasteiger partial charge >= 0.3 is 6.03 Å². The Balaban J connectivity index is 1.85. The summed E-state index contributed by atoms with van der Waals surface area (Å²) in [6.45, 7) is 5.27. The van der Waals surface area contributed by atoms with Crippen LogP contribution in [-0.4, -0.2) is 16.9 Å². The molecule has 2 aromatic heterocycles. The summed E-state index contributed by atoms with van der Waals surface area (Å²) in [7, 11) is 0. The van der Waals surface area contributed by atoms with Crippen molar-refractivity contribution in [3.63, 3.8) is 0 Å². The number of nitrogens with zero attached hydrogens (tertiary/aromatic N) is 1. The van der Waals surface area contributed by atoms with Gasteiger partial charge in [-0.1, -0.05) is 0 Å². The van der Waals surface area contributed by atoms with E-state index in [2.05, 4.69) is 21.2 Å². The Hall–Kier alpha value is -2.83. The second kappa shape index (κ2) is 6.75. The minimum atomic E-state index is -0.504. The molecule has 1 atom stereocenters. The van der Waals surface area contributed by atoms with E-state index in [0.717, 1.165) is 5.56 Å². The van der Waals surface area contributed by atoms with E-state index in [4.69, 9.17) is 4.42 Å². The highest BCUT2D eigenvalue weighted by Crippen LogP contribution is 2.13. The van der Waals surface area contributed by atoms with E-state index >= 15 is 0 Å². The van der Waals surface area contributed by atoms with Gasteiger partial charge in [0.25, 0.3) is 5.91 Å². The molecular weight excluding hydrogens is 284 g/mol. The van der Waals surface area contributed by atoms with E-state index in [1.54, 1.807) is 44.4 Å². The molecule has 2 heterocycles. The number of hydrogen-bond acceptors (Lipinski definition) is 4. The lowest BCUT2D eigenvalue weighted by atomic mass is 10.1. The van der Waals surface area contributed by atoms with Crippen LogP contribution in [0.3, 0.4) is 0 Å². The average Bonchev–Trinajstić information content (AvgIpc) is 2.84. The van der Waals surface area contributed by atoms with Gasteiger partial charge in [0.1, 0.15) is 11.5 Å². The number of nitrogens with one attached hydrogen (secondary N) is 3. The zero-order chi connectivity index (χ0) is 16.1. The molecular formula is C15H18N4O3. The Morgan fingerprint density at radius 2 is 1.86 bits per heavy atom. The van der Waals surface area contributed by atoms with Gasteiger partial charge in [-0.3, -0.25) is 15.2 Å². The number of hydrazine groups is 1. The summed E-state index contributed by atoms with van der Waals surface area (Å²) in [6.07, 6.45) is 3.30. The van der Waals surface area contributed by atoms with E-state index in [-0.39, 0.29) is 6.04 Å². The molecule has 0 fully saturated rings. The third kappa shape index (κ3) is 3.85. The molecule has 3 amide bonds. The lowest BCUT2D eigenvalue weighted by molar-refractivity contribution is 0.0934. The van der Waals surface area contributed by atoms with Gasteiger partial charge in [0.05, 0.1) is 11.6 Å². The fourth-order valence-electron chi connectivity index (χ4n) is 2.01. The van der Waals surface area contributed by atoms with Gasteiger partial charge < -0.3 is 9.73 Å². The average molecular weight is 302 g/mol. The molecule has 0 aromatic carbocycles. The zero-order valence-electron chi connectivity index (χ0n) is 12.6. The number of rotatable bonds is 3. The van der Waals surface area contributed by atoms with Crippen LogP contribution < -0.4 is 16.2 Å². The molecule has 2 rings (SSSR count). The Morgan fingerprint density at radius 1 is 1.18 bits per heavy atom. The topological polar surface area (TPSA) is 96.3 Å². The van der Waals surface area contributed by atoms with E-state index in [0.29, 0.717) is 17.1 Å². The van der Waals surface area contributed by atoms with Gasteiger partial charge in [-0.05, 0) is 44.5 Å². The van der Waals surface area contributed by atoms with Crippen LogP contribution in [0.25, 0.3) is 0 Å². The first-order chi connectivity index (χ1) is 10.5. The Bertz CT molecular complexity index is 667. The largest absolute Gasteiger partial charge is 0.466 e. The Labute approximate surface area is 128 Å². The maximum Gasteiger partial charge on any atom is 0.333 e. The van der Waals surface area contributed by atoms with Crippen molar-refractivity contribution >= 4 is 11.9 Å². The molecule has 3 N–H and O–H groups in total. The summed E-state index contributed by atoms with van der Waals surface area (Å²) in [5, 5.41) is 2.71. The predicted octanol–water partition coefficient (Wildman–Crippen LogP) is 2.00. The molecule has 0 saturated heterocycles. The van der Waals surface area contributed by atoms with E-state index in [9.17, 15) is 9.59 Å². The minimum absolute atomic E-state index is 0.210. The highest BCUT2D eigenvalue weighted by atomic mass is 16.3. The number of carbonyl (C=O) groups excluding carboxylic acids is 2. The van der Waals surface area contributed by atoms with Gasteiger partial charge in [0.2, 0.25) is 0 Å². The van der Waals surface area contributed by atoms with Crippen molar-refractivity contribution in [2.75, 3.05) is 0 Å². The third-order valence-corrected chi connectivity index (χ3v) is 3.13. The highest BCUT2D eigenvalue weighted by Gasteiger charge is 2.15. The van der Waals surface area contributed by atoms with Crippen LogP contribution in [0.1, 0.15) is 40.4 Å². The molecule has 7 nitrogen and oxygen atoms in total. The van der Waals surface area contributed by atoms with Crippen LogP contribution in [0.4, 0.5) is 4.79 Å². The summed E-state index contributed by atoms with van der Waals surface area (Å²) < 4.78 is 5.27. The summed E-state index contributed by atoms with van der Waals surface area (Å²) >= 11 is 0. The van der Waals surface area contributed by atoms with Crippen molar-refractivity contribution in [2.45, 2.75) is 26.8 Å². The first-order valence-electron chi connectivity index (χ1n) is 6.81. The molecule has 0 saturated carbocycles. The van der Waals surface area contributed by atoms with Gasteiger partial charge in [-0.15, -0.1) is 0 Å². The van der Waals surface area contributed by atoms with Crippen LogP contribution in [0, 0.1) is 13.8 Å².